The maximum Gasteiger partial charge on any atom is 0.302 e. The molecule has 0 aliphatic heterocycles. The van der Waals surface area contributed by atoms with E-state index in [9.17, 15) is 4.79 Å². The Labute approximate surface area is 60.3 Å². The van der Waals surface area contributed by atoms with Crippen LogP contribution in [0.25, 0.3) is 0 Å². The summed E-state index contributed by atoms with van der Waals surface area (Å²) < 4.78 is 4.56. The first kappa shape index (κ1) is 9.17. The summed E-state index contributed by atoms with van der Waals surface area (Å²) >= 11 is 0. The Balaban J connectivity index is 3.27. The molecule has 0 bridgehead atoms. The van der Waals surface area contributed by atoms with Crippen LogP contribution in [0.5, 0.6) is 0 Å². The molecule has 58 valence electrons. The van der Waals surface area contributed by atoms with E-state index in [1.165, 1.54) is 6.92 Å². The molecule has 0 spiro atoms. The molecule has 0 aromatic rings. The van der Waals surface area contributed by atoms with E-state index in [0.717, 1.165) is 0 Å². The Morgan fingerprint density at radius 2 is 2.40 bits per heavy atom. The SMILES string of the molecule is CC(=O)OCC=CC(C)O. The van der Waals surface area contributed by atoms with Crippen LogP contribution >= 0.6 is 0 Å². The molecule has 0 rings (SSSR count). The summed E-state index contributed by atoms with van der Waals surface area (Å²) in [6, 6.07) is 0. The van der Waals surface area contributed by atoms with Gasteiger partial charge < -0.3 is 9.84 Å². The summed E-state index contributed by atoms with van der Waals surface area (Å²) in [5, 5.41) is 8.69. The monoisotopic (exact) mass is 144 g/mol. The van der Waals surface area contributed by atoms with E-state index in [-0.39, 0.29) is 12.6 Å². The lowest BCUT2D eigenvalue weighted by Gasteiger charge is -1.95. The van der Waals surface area contributed by atoms with Crippen LogP contribution in [0, 0.1) is 0 Å². The third kappa shape index (κ3) is 7.17. The molecule has 0 amide bonds. The van der Waals surface area contributed by atoms with Crippen LogP contribution in [0.15, 0.2) is 12.2 Å². The third-order valence-electron chi connectivity index (χ3n) is 0.797. The highest BCUT2D eigenvalue weighted by molar-refractivity contribution is 5.65. The molecule has 0 saturated heterocycles. The van der Waals surface area contributed by atoms with E-state index in [2.05, 4.69) is 4.74 Å². The van der Waals surface area contributed by atoms with Gasteiger partial charge in [-0.05, 0) is 13.0 Å². The first-order chi connectivity index (χ1) is 4.63. The normalized spacial score (nSPS) is 13.5. The predicted octanol–water partition coefficient (Wildman–Crippen LogP) is 0.486. The average molecular weight is 144 g/mol. The van der Waals surface area contributed by atoms with Gasteiger partial charge in [0, 0.05) is 6.92 Å². The van der Waals surface area contributed by atoms with Crippen LogP contribution in [0.1, 0.15) is 13.8 Å². The molecular weight excluding hydrogens is 132 g/mol. The Bertz CT molecular complexity index is 127. The van der Waals surface area contributed by atoms with Crippen molar-refractivity contribution in [2.75, 3.05) is 6.61 Å². The summed E-state index contributed by atoms with van der Waals surface area (Å²) in [7, 11) is 0. The minimum atomic E-state index is -0.476. The standard InChI is InChI=1S/C7H12O3/c1-6(8)4-3-5-10-7(2)9/h3-4,6,8H,5H2,1-2H3. The molecule has 3 heteroatoms. The van der Waals surface area contributed by atoms with Gasteiger partial charge in [0.05, 0.1) is 6.10 Å². The Hall–Kier alpha value is -0.830. The molecule has 1 N–H and O–H groups in total. The van der Waals surface area contributed by atoms with Crippen LogP contribution in [0.4, 0.5) is 0 Å². The van der Waals surface area contributed by atoms with Gasteiger partial charge in [-0.1, -0.05) is 6.08 Å². The van der Waals surface area contributed by atoms with Crippen molar-refractivity contribution < 1.29 is 14.6 Å². The number of ether oxygens (including phenoxy) is 1. The molecule has 0 saturated carbocycles. The molecule has 0 heterocycles. The first-order valence-electron chi connectivity index (χ1n) is 3.11. The number of hydrogen-bond acceptors (Lipinski definition) is 3. The fourth-order valence-electron chi connectivity index (χ4n) is 0.418. The maximum atomic E-state index is 10.2. The van der Waals surface area contributed by atoms with Crippen molar-refractivity contribution in [2.24, 2.45) is 0 Å². The summed E-state index contributed by atoms with van der Waals surface area (Å²) in [6.07, 6.45) is 2.69. The van der Waals surface area contributed by atoms with Gasteiger partial charge in [-0.25, -0.2) is 0 Å². The van der Waals surface area contributed by atoms with Crippen LogP contribution in [-0.4, -0.2) is 23.8 Å². The highest BCUT2D eigenvalue weighted by Gasteiger charge is 1.88. The fourth-order valence-corrected chi connectivity index (χ4v) is 0.418. The average Bonchev–Trinajstić information content (AvgIpc) is 1.79. The highest BCUT2D eigenvalue weighted by atomic mass is 16.5. The lowest BCUT2D eigenvalue weighted by atomic mass is 10.4. The van der Waals surface area contributed by atoms with Crippen molar-refractivity contribution in [3.63, 3.8) is 0 Å². The van der Waals surface area contributed by atoms with Crippen LogP contribution in [0.3, 0.4) is 0 Å². The predicted molar refractivity (Wildman–Crippen MR) is 37.5 cm³/mol. The van der Waals surface area contributed by atoms with Crippen molar-refractivity contribution in [1.82, 2.24) is 0 Å². The van der Waals surface area contributed by atoms with Gasteiger partial charge in [0.1, 0.15) is 6.61 Å². The van der Waals surface area contributed by atoms with Crippen molar-refractivity contribution in [3.8, 4) is 0 Å². The van der Waals surface area contributed by atoms with E-state index < -0.39 is 6.10 Å². The van der Waals surface area contributed by atoms with E-state index in [4.69, 9.17) is 5.11 Å². The summed E-state index contributed by atoms with van der Waals surface area (Å²) in [6.45, 7) is 3.21. The Kier molecular flexibility index (Phi) is 4.58. The smallest absolute Gasteiger partial charge is 0.302 e. The third-order valence-corrected chi connectivity index (χ3v) is 0.797. The lowest BCUT2D eigenvalue weighted by Crippen LogP contribution is -1.99. The van der Waals surface area contributed by atoms with Gasteiger partial charge in [-0.15, -0.1) is 0 Å². The second-order valence-electron chi connectivity index (χ2n) is 1.97. The molecule has 0 radical (unpaired) electrons. The van der Waals surface area contributed by atoms with Gasteiger partial charge in [-0.3, -0.25) is 4.79 Å². The maximum absolute atomic E-state index is 10.2. The number of hydrogen-bond donors (Lipinski definition) is 1. The molecule has 10 heavy (non-hydrogen) atoms. The number of carbonyl (C=O) groups is 1. The van der Waals surface area contributed by atoms with Gasteiger partial charge in [0.2, 0.25) is 0 Å². The molecular formula is C7H12O3. The van der Waals surface area contributed by atoms with Crippen molar-refractivity contribution >= 4 is 5.97 Å². The first-order valence-corrected chi connectivity index (χ1v) is 3.11. The molecule has 0 aromatic carbocycles. The van der Waals surface area contributed by atoms with Crippen molar-refractivity contribution in [1.29, 1.82) is 0 Å². The van der Waals surface area contributed by atoms with E-state index >= 15 is 0 Å². The topological polar surface area (TPSA) is 46.5 Å². The summed E-state index contributed by atoms with van der Waals surface area (Å²) in [4.78, 5) is 10.2. The number of rotatable bonds is 3. The molecule has 0 aliphatic carbocycles. The Morgan fingerprint density at radius 3 is 2.80 bits per heavy atom. The highest BCUT2D eigenvalue weighted by Crippen LogP contribution is 1.83. The fraction of sp³-hybridized carbons (Fsp3) is 0.571. The zero-order valence-corrected chi connectivity index (χ0v) is 6.20. The van der Waals surface area contributed by atoms with E-state index in [1.54, 1.807) is 19.1 Å². The van der Waals surface area contributed by atoms with E-state index in [1.807, 2.05) is 0 Å². The zero-order chi connectivity index (χ0) is 7.98. The van der Waals surface area contributed by atoms with Gasteiger partial charge in [0.25, 0.3) is 0 Å². The van der Waals surface area contributed by atoms with Gasteiger partial charge in [0.15, 0.2) is 0 Å². The Morgan fingerprint density at radius 1 is 1.80 bits per heavy atom. The number of esters is 1. The van der Waals surface area contributed by atoms with Crippen molar-refractivity contribution in [2.45, 2.75) is 20.0 Å². The second kappa shape index (κ2) is 4.99. The lowest BCUT2D eigenvalue weighted by molar-refractivity contribution is -0.139. The number of aliphatic hydroxyl groups is 1. The molecule has 0 fully saturated rings. The van der Waals surface area contributed by atoms with Crippen LogP contribution in [0.2, 0.25) is 0 Å². The number of aliphatic hydroxyl groups excluding tert-OH is 1. The molecule has 0 aromatic heterocycles. The minimum Gasteiger partial charge on any atom is -0.462 e. The second-order valence-corrected chi connectivity index (χ2v) is 1.97. The molecule has 3 nitrogen and oxygen atoms in total. The molecule has 1 atom stereocenters. The van der Waals surface area contributed by atoms with Crippen molar-refractivity contribution in [3.05, 3.63) is 12.2 Å². The summed E-state index contributed by atoms with van der Waals surface area (Å²) in [5.41, 5.74) is 0. The van der Waals surface area contributed by atoms with E-state index in [0.29, 0.717) is 0 Å². The molecule has 0 aliphatic rings. The van der Waals surface area contributed by atoms with Crippen LogP contribution in [-0.2, 0) is 9.53 Å². The summed E-state index contributed by atoms with van der Waals surface area (Å²) in [5.74, 6) is -0.310. The largest absolute Gasteiger partial charge is 0.462 e. The minimum absolute atomic E-state index is 0.236. The van der Waals surface area contributed by atoms with Crippen LogP contribution < -0.4 is 0 Å². The van der Waals surface area contributed by atoms with Gasteiger partial charge in [-0.2, -0.15) is 0 Å². The number of carbonyl (C=O) groups excluding carboxylic acids is 1. The molecule has 1 unspecified atom stereocenters. The zero-order valence-electron chi connectivity index (χ0n) is 6.20. The quantitative estimate of drug-likeness (QED) is 0.463. The van der Waals surface area contributed by atoms with Gasteiger partial charge >= 0.3 is 5.97 Å².